The van der Waals surface area contributed by atoms with Gasteiger partial charge in [-0.05, 0) is 42.0 Å². The van der Waals surface area contributed by atoms with Crippen LogP contribution in [0, 0.1) is 5.82 Å². The summed E-state index contributed by atoms with van der Waals surface area (Å²) in [6.07, 6.45) is -2.43. The summed E-state index contributed by atoms with van der Waals surface area (Å²) in [6.45, 7) is 0.839. The molecule has 5 nitrogen and oxygen atoms in total. The van der Waals surface area contributed by atoms with E-state index in [1.807, 2.05) is 4.57 Å². The average molecular weight is 419 g/mol. The van der Waals surface area contributed by atoms with E-state index >= 15 is 0 Å². The average Bonchev–Trinajstić information content (AvgIpc) is 3.12. The van der Waals surface area contributed by atoms with E-state index in [-0.39, 0.29) is 23.9 Å². The molecule has 0 radical (unpaired) electrons. The van der Waals surface area contributed by atoms with Gasteiger partial charge in [0.05, 0.1) is 25.0 Å². The molecule has 1 aromatic heterocycles. The standard InChI is InChI=1S/C21H17F4N3O2/c22-15-3-5-16(6-4-15)28-13-26-18-12-27(10-9-19(18)28)20(29)11-14-1-7-17(8-2-14)30-21(23,24)25/h1-8,13H,9-12H2. The molecular weight excluding hydrogens is 402 g/mol. The van der Waals surface area contributed by atoms with Crippen LogP contribution in [0.5, 0.6) is 5.75 Å². The number of aromatic nitrogens is 2. The Balaban J connectivity index is 1.41. The van der Waals surface area contributed by atoms with Crippen molar-refractivity contribution in [3.05, 3.63) is 77.6 Å². The number of amides is 1. The van der Waals surface area contributed by atoms with Gasteiger partial charge < -0.3 is 14.2 Å². The van der Waals surface area contributed by atoms with Gasteiger partial charge in [-0.2, -0.15) is 0 Å². The Morgan fingerprint density at radius 2 is 1.77 bits per heavy atom. The molecule has 2 aromatic carbocycles. The predicted octanol–water partition coefficient (Wildman–Crippen LogP) is 4.04. The Bertz CT molecular complexity index is 1040. The molecule has 0 atom stereocenters. The lowest BCUT2D eigenvalue weighted by Gasteiger charge is -2.27. The van der Waals surface area contributed by atoms with Gasteiger partial charge >= 0.3 is 6.36 Å². The van der Waals surface area contributed by atoms with Crippen molar-refractivity contribution in [1.82, 2.24) is 14.5 Å². The molecule has 0 unspecified atom stereocenters. The van der Waals surface area contributed by atoms with Crippen LogP contribution in [0.3, 0.4) is 0 Å². The molecule has 0 spiro atoms. The molecule has 0 fully saturated rings. The number of alkyl halides is 3. The monoisotopic (exact) mass is 419 g/mol. The van der Waals surface area contributed by atoms with E-state index in [1.54, 1.807) is 23.4 Å². The molecule has 30 heavy (non-hydrogen) atoms. The van der Waals surface area contributed by atoms with Gasteiger partial charge in [-0.25, -0.2) is 9.37 Å². The number of halogens is 4. The first-order chi connectivity index (χ1) is 14.3. The molecule has 0 N–H and O–H groups in total. The Kier molecular flexibility index (Phi) is 5.19. The summed E-state index contributed by atoms with van der Waals surface area (Å²) in [5, 5.41) is 0. The van der Waals surface area contributed by atoms with E-state index in [4.69, 9.17) is 0 Å². The highest BCUT2D eigenvalue weighted by Gasteiger charge is 2.31. The highest BCUT2D eigenvalue weighted by Crippen LogP contribution is 2.24. The fourth-order valence-electron chi connectivity index (χ4n) is 3.44. The number of imidazole rings is 1. The second-order valence-electron chi connectivity index (χ2n) is 6.92. The zero-order chi connectivity index (χ0) is 21.3. The summed E-state index contributed by atoms with van der Waals surface area (Å²) in [6, 6.07) is 11.4. The number of fused-ring (bicyclic) bond motifs is 1. The SMILES string of the molecule is O=C(Cc1ccc(OC(F)(F)F)cc1)N1CCc2c(ncn2-c2ccc(F)cc2)C1. The molecule has 9 heteroatoms. The number of carbonyl (C=O) groups excluding carboxylic acids is 1. The van der Waals surface area contributed by atoms with Gasteiger partial charge in [0.1, 0.15) is 11.6 Å². The van der Waals surface area contributed by atoms with E-state index < -0.39 is 6.36 Å². The molecule has 1 amide bonds. The molecule has 0 saturated heterocycles. The van der Waals surface area contributed by atoms with Crippen LogP contribution in [0.15, 0.2) is 54.9 Å². The van der Waals surface area contributed by atoms with E-state index in [0.717, 1.165) is 17.1 Å². The molecule has 0 aliphatic carbocycles. The van der Waals surface area contributed by atoms with Crippen molar-refractivity contribution < 1.29 is 27.1 Å². The minimum atomic E-state index is -4.75. The van der Waals surface area contributed by atoms with Gasteiger partial charge in [0, 0.05) is 24.3 Å². The van der Waals surface area contributed by atoms with Crippen LogP contribution < -0.4 is 4.74 Å². The molecule has 0 saturated carbocycles. The summed E-state index contributed by atoms with van der Waals surface area (Å²) in [5.41, 5.74) is 3.13. The molecular formula is C21H17F4N3O2. The minimum Gasteiger partial charge on any atom is -0.406 e. The Hall–Kier alpha value is -3.36. The molecule has 1 aliphatic heterocycles. The molecule has 1 aliphatic rings. The summed E-state index contributed by atoms with van der Waals surface area (Å²) in [7, 11) is 0. The molecule has 4 rings (SSSR count). The first kappa shape index (κ1) is 19.9. The third-order valence-corrected chi connectivity index (χ3v) is 4.88. The number of rotatable bonds is 4. The van der Waals surface area contributed by atoms with Crippen LogP contribution in [-0.4, -0.2) is 33.3 Å². The van der Waals surface area contributed by atoms with Gasteiger partial charge in [-0.3, -0.25) is 4.79 Å². The lowest BCUT2D eigenvalue weighted by molar-refractivity contribution is -0.274. The third kappa shape index (κ3) is 4.45. The van der Waals surface area contributed by atoms with Crippen LogP contribution in [-0.2, 0) is 24.2 Å². The first-order valence-corrected chi connectivity index (χ1v) is 9.22. The lowest BCUT2D eigenvalue weighted by Crippen LogP contribution is -2.37. The second kappa shape index (κ2) is 7.81. The number of carbonyl (C=O) groups is 1. The number of hydrogen-bond acceptors (Lipinski definition) is 3. The van der Waals surface area contributed by atoms with E-state index in [1.165, 1.54) is 36.4 Å². The van der Waals surface area contributed by atoms with Crippen molar-refractivity contribution in [2.75, 3.05) is 6.54 Å². The lowest BCUT2D eigenvalue weighted by atomic mass is 10.1. The van der Waals surface area contributed by atoms with Gasteiger partial charge in [0.15, 0.2) is 0 Å². The van der Waals surface area contributed by atoms with Crippen LogP contribution in [0.4, 0.5) is 17.6 Å². The van der Waals surface area contributed by atoms with Crippen LogP contribution in [0.1, 0.15) is 17.0 Å². The van der Waals surface area contributed by atoms with Crippen LogP contribution in [0.25, 0.3) is 5.69 Å². The highest BCUT2D eigenvalue weighted by atomic mass is 19.4. The van der Waals surface area contributed by atoms with Gasteiger partial charge in [-0.15, -0.1) is 13.2 Å². The molecule has 3 aromatic rings. The van der Waals surface area contributed by atoms with Crippen LogP contribution >= 0.6 is 0 Å². The maximum absolute atomic E-state index is 13.2. The van der Waals surface area contributed by atoms with Gasteiger partial charge in [0.25, 0.3) is 0 Å². The van der Waals surface area contributed by atoms with E-state index in [9.17, 15) is 22.4 Å². The van der Waals surface area contributed by atoms with Crippen LogP contribution in [0.2, 0.25) is 0 Å². The zero-order valence-electron chi connectivity index (χ0n) is 15.7. The van der Waals surface area contributed by atoms with Crippen molar-refractivity contribution in [2.24, 2.45) is 0 Å². The van der Waals surface area contributed by atoms with Crippen molar-refractivity contribution in [1.29, 1.82) is 0 Å². The number of hydrogen-bond donors (Lipinski definition) is 0. The first-order valence-electron chi connectivity index (χ1n) is 9.22. The van der Waals surface area contributed by atoms with Gasteiger partial charge in [-0.1, -0.05) is 12.1 Å². The normalized spacial score (nSPS) is 13.8. The maximum Gasteiger partial charge on any atom is 0.573 e. The summed E-state index contributed by atoms with van der Waals surface area (Å²) in [4.78, 5) is 18.7. The summed E-state index contributed by atoms with van der Waals surface area (Å²) >= 11 is 0. The van der Waals surface area contributed by atoms with Crippen molar-refractivity contribution in [3.63, 3.8) is 0 Å². The largest absolute Gasteiger partial charge is 0.573 e. The predicted molar refractivity (Wildman–Crippen MR) is 99.5 cm³/mol. The van der Waals surface area contributed by atoms with Gasteiger partial charge in [0.2, 0.25) is 5.91 Å². The Morgan fingerprint density at radius 3 is 2.43 bits per heavy atom. The highest BCUT2D eigenvalue weighted by molar-refractivity contribution is 5.79. The summed E-state index contributed by atoms with van der Waals surface area (Å²) < 4.78 is 55.6. The molecule has 156 valence electrons. The molecule has 0 bridgehead atoms. The Morgan fingerprint density at radius 1 is 1.07 bits per heavy atom. The zero-order valence-corrected chi connectivity index (χ0v) is 15.7. The van der Waals surface area contributed by atoms with Crippen molar-refractivity contribution in [3.8, 4) is 11.4 Å². The number of nitrogens with zero attached hydrogens (tertiary/aromatic N) is 3. The minimum absolute atomic E-state index is 0.0697. The fourth-order valence-corrected chi connectivity index (χ4v) is 3.44. The maximum atomic E-state index is 13.2. The Labute approximate surface area is 169 Å². The fraction of sp³-hybridized carbons (Fsp3) is 0.238. The quantitative estimate of drug-likeness (QED) is 0.600. The van der Waals surface area contributed by atoms with E-state index in [2.05, 4.69) is 9.72 Å². The van der Waals surface area contributed by atoms with Crippen molar-refractivity contribution >= 4 is 5.91 Å². The smallest absolute Gasteiger partial charge is 0.406 e. The molecule has 2 heterocycles. The van der Waals surface area contributed by atoms with Crippen molar-refractivity contribution in [2.45, 2.75) is 25.7 Å². The number of ether oxygens (including phenoxy) is 1. The summed E-state index contributed by atoms with van der Waals surface area (Å²) in [5.74, 6) is -0.781. The topological polar surface area (TPSA) is 47.4 Å². The van der Waals surface area contributed by atoms with E-state index in [0.29, 0.717) is 25.1 Å². The second-order valence-corrected chi connectivity index (χ2v) is 6.92. The third-order valence-electron chi connectivity index (χ3n) is 4.88. The number of benzene rings is 2.